The number of hydrogen-bond donors (Lipinski definition) is 2. The molecule has 26 heavy (non-hydrogen) atoms. The molecule has 0 aliphatic carbocycles. The minimum absolute atomic E-state index is 0.155. The van der Waals surface area contributed by atoms with Gasteiger partial charge in [0, 0.05) is 6.42 Å². The van der Waals surface area contributed by atoms with E-state index in [1.165, 1.54) is 0 Å². The number of fused-ring (bicyclic) bond motifs is 1. The van der Waals surface area contributed by atoms with Gasteiger partial charge in [-0.05, 0) is 34.4 Å². The summed E-state index contributed by atoms with van der Waals surface area (Å²) in [6.45, 7) is 1.94. The van der Waals surface area contributed by atoms with Crippen LogP contribution in [-0.2, 0) is 22.4 Å². The number of carboxylic acids is 1. The average Bonchev–Trinajstić information content (AvgIpc) is 2.62. The Morgan fingerprint density at radius 1 is 0.962 bits per heavy atom. The third-order valence-electron chi connectivity index (χ3n) is 4.50. The number of aliphatic carboxylic acids is 1. The molecule has 0 spiro atoms. The van der Waals surface area contributed by atoms with Crippen molar-refractivity contribution in [2.45, 2.75) is 25.8 Å². The molecule has 0 radical (unpaired) electrons. The lowest BCUT2D eigenvalue weighted by molar-refractivity contribution is -0.141. The quantitative estimate of drug-likeness (QED) is 0.717. The van der Waals surface area contributed by atoms with Gasteiger partial charge in [-0.1, -0.05) is 66.7 Å². The van der Waals surface area contributed by atoms with E-state index in [4.69, 9.17) is 0 Å². The maximum atomic E-state index is 12.4. The second kappa shape index (κ2) is 7.83. The van der Waals surface area contributed by atoms with Crippen LogP contribution in [0.2, 0.25) is 0 Å². The molecule has 0 saturated heterocycles. The lowest BCUT2D eigenvalue weighted by atomic mass is 10.0. The number of carboxylic acid groups (broad SMARTS) is 1. The summed E-state index contributed by atoms with van der Waals surface area (Å²) < 4.78 is 0. The van der Waals surface area contributed by atoms with Crippen molar-refractivity contribution in [1.82, 2.24) is 5.32 Å². The first-order valence-corrected chi connectivity index (χ1v) is 8.57. The van der Waals surface area contributed by atoms with Gasteiger partial charge >= 0.3 is 5.97 Å². The van der Waals surface area contributed by atoms with Crippen LogP contribution in [-0.4, -0.2) is 23.0 Å². The van der Waals surface area contributed by atoms with E-state index in [1.807, 2.05) is 73.7 Å². The number of aryl methyl sites for hydroxylation is 1. The van der Waals surface area contributed by atoms with E-state index in [-0.39, 0.29) is 18.7 Å². The fraction of sp³-hybridized carbons (Fsp3) is 0.182. The molecule has 2 N–H and O–H groups in total. The van der Waals surface area contributed by atoms with Crippen LogP contribution >= 0.6 is 0 Å². The van der Waals surface area contributed by atoms with E-state index < -0.39 is 12.0 Å². The first kappa shape index (κ1) is 17.7. The van der Waals surface area contributed by atoms with Crippen LogP contribution in [0.15, 0.2) is 66.7 Å². The van der Waals surface area contributed by atoms with E-state index in [9.17, 15) is 14.7 Å². The minimum Gasteiger partial charge on any atom is -0.480 e. The third kappa shape index (κ3) is 4.28. The van der Waals surface area contributed by atoms with Gasteiger partial charge in [0.05, 0.1) is 6.42 Å². The van der Waals surface area contributed by atoms with E-state index in [0.717, 1.165) is 27.5 Å². The molecule has 132 valence electrons. The van der Waals surface area contributed by atoms with Crippen molar-refractivity contribution in [2.75, 3.05) is 0 Å². The summed E-state index contributed by atoms with van der Waals surface area (Å²) in [5.41, 5.74) is 2.80. The topological polar surface area (TPSA) is 66.4 Å². The van der Waals surface area contributed by atoms with E-state index in [1.54, 1.807) is 0 Å². The van der Waals surface area contributed by atoms with Crippen molar-refractivity contribution in [1.29, 1.82) is 0 Å². The Bertz CT molecular complexity index is 949. The summed E-state index contributed by atoms with van der Waals surface area (Å²) in [7, 11) is 0. The Morgan fingerprint density at radius 3 is 2.38 bits per heavy atom. The molecule has 1 atom stereocenters. The summed E-state index contributed by atoms with van der Waals surface area (Å²) in [4.78, 5) is 23.9. The predicted octanol–water partition coefficient (Wildman–Crippen LogP) is 3.50. The van der Waals surface area contributed by atoms with E-state index in [2.05, 4.69) is 5.32 Å². The highest BCUT2D eigenvalue weighted by molar-refractivity contribution is 5.87. The zero-order valence-corrected chi connectivity index (χ0v) is 14.6. The molecule has 4 nitrogen and oxygen atoms in total. The van der Waals surface area contributed by atoms with Gasteiger partial charge in [0.1, 0.15) is 6.04 Å². The maximum absolute atomic E-state index is 12.4. The number of benzene rings is 3. The largest absolute Gasteiger partial charge is 0.480 e. The van der Waals surface area contributed by atoms with Gasteiger partial charge in [-0.15, -0.1) is 0 Å². The summed E-state index contributed by atoms with van der Waals surface area (Å²) in [5, 5.41) is 14.3. The number of amides is 1. The summed E-state index contributed by atoms with van der Waals surface area (Å²) in [6.07, 6.45) is 0.424. The first-order valence-electron chi connectivity index (χ1n) is 8.57. The molecular formula is C22H21NO3. The number of carbonyl (C=O) groups is 2. The van der Waals surface area contributed by atoms with Crippen LogP contribution in [0.4, 0.5) is 0 Å². The molecule has 0 saturated carbocycles. The molecule has 3 aromatic carbocycles. The lowest BCUT2D eigenvalue weighted by Crippen LogP contribution is -2.43. The molecule has 1 amide bonds. The van der Waals surface area contributed by atoms with Crippen molar-refractivity contribution < 1.29 is 14.7 Å². The summed E-state index contributed by atoms with van der Waals surface area (Å²) in [6, 6.07) is 20.4. The standard InChI is InChI=1S/C22H21NO3/c1-15-6-2-3-8-18(15)14-20(22(25)26)23-21(24)13-16-10-11-17-7-4-5-9-19(17)12-16/h2-12,20H,13-14H2,1H3,(H,23,24)(H,25,26)/t20-/m0/s1. The van der Waals surface area contributed by atoms with Crippen molar-refractivity contribution in [3.05, 3.63) is 83.4 Å². The lowest BCUT2D eigenvalue weighted by Gasteiger charge is -2.16. The highest BCUT2D eigenvalue weighted by Gasteiger charge is 2.21. The van der Waals surface area contributed by atoms with E-state index in [0.29, 0.717) is 0 Å². The van der Waals surface area contributed by atoms with E-state index >= 15 is 0 Å². The third-order valence-corrected chi connectivity index (χ3v) is 4.50. The summed E-state index contributed by atoms with van der Waals surface area (Å²) >= 11 is 0. The fourth-order valence-corrected chi connectivity index (χ4v) is 3.04. The van der Waals surface area contributed by atoms with Crippen molar-refractivity contribution >= 4 is 22.6 Å². The molecule has 3 rings (SSSR count). The number of rotatable bonds is 6. The maximum Gasteiger partial charge on any atom is 0.326 e. The molecule has 0 heterocycles. The molecule has 3 aromatic rings. The average molecular weight is 347 g/mol. The monoisotopic (exact) mass is 347 g/mol. The second-order valence-electron chi connectivity index (χ2n) is 6.45. The Labute approximate surface area is 152 Å². The van der Waals surface area contributed by atoms with Gasteiger partial charge in [-0.25, -0.2) is 4.79 Å². The van der Waals surface area contributed by atoms with Crippen LogP contribution in [0.1, 0.15) is 16.7 Å². The normalized spacial score (nSPS) is 11.9. The van der Waals surface area contributed by atoms with Gasteiger partial charge in [-0.2, -0.15) is 0 Å². The van der Waals surface area contributed by atoms with Crippen molar-refractivity contribution in [2.24, 2.45) is 0 Å². The first-order chi connectivity index (χ1) is 12.5. The predicted molar refractivity (Wildman–Crippen MR) is 102 cm³/mol. The zero-order valence-electron chi connectivity index (χ0n) is 14.6. The number of nitrogens with one attached hydrogen (secondary N) is 1. The Balaban J connectivity index is 1.69. The van der Waals surface area contributed by atoms with Crippen molar-refractivity contribution in [3.63, 3.8) is 0 Å². The molecule has 0 aliphatic heterocycles. The smallest absolute Gasteiger partial charge is 0.326 e. The van der Waals surface area contributed by atoms with Crippen LogP contribution in [0.5, 0.6) is 0 Å². The van der Waals surface area contributed by atoms with Crippen LogP contribution < -0.4 is 5.32 Å². The highest BCUT2D eigenvalue weighted by Crippen LogP contribution is 2.16. The van der Waals surface area contributed by atoms with Crippen LogP contribution in [0.3, 0.4) is 0 Å². The molecule has 0 aliphatic rings. The second-order valence-corrected chi connectivity index (χ2v) is 6.45. The van der Waals surface area contributed by atoms with Gasteiger partial charge in [0.15, 0.2) is 0 Å². The molecular weight excluding hydrogens is 326 g/mol. The molecule has 0 fully saturated rings. The molecule has 0 bridgehead atoms. The van der Waals surface area contributed by atoms with Gasteiger partial charge in [0.25, 0.3) is 0 Å². The number of carbonyl (C=O) groups excluding carboxylic acids is 1. The van der Waals surface area contributed by atoms with Gasteiger partial charge in [0.2, 0.25) is 5.91 Å². The summed E-state index contributed by atoms with van der Waals surface area (Å²) in [5.74, 6) is -1.32. The number of hydrogen-bond acceptors (Lipinski definition) is 2. The highest BCUT2D eigenvalue weighted by atomic mass is 16.4. The van der Waals surface area contributed by atoms with Crippen molar-refractivity contribution in [3.8, 4) is 0 Å². The Morgan fingerprint density at radius 2 is 1.65 bits per heavy atom. The van der Waals surface area contributed by atoms with Gasteiger partial charge in [-0.3, -0.25) is 4.79 Å². The Hall–Kier alpha value is -3.14. The SMILES string of the molecule is Cc1ccccc1C[C@H](NC(=O)Cc1ccc2ccccc2c1)C(=O)O. The Kier molecular flexibility index (Phi) is 5.32. The zero-order chi connectivity index (χ0) is 18.5. The molecule has 0 aromatic heterocycles. The fourth-order valence-electron chi connectivity index (χ4n) is 3.04. The molecule has 0 unspecified atom stereocenters. The minimum atomic E-state index is -1.03. The van der Waals surface area contributed by atoms with Crippen LogP contribution in [0.25, 0.3) is 10.8 Å². The molecule has 4 heteroatoms. The van der Waals surface area contributed by atoms with Gasteiger partial charge < -0.3 is 10.4 Å². The van der Waals surface area contributed by atoms with Crippen LogP contribution in [0, 0.1) is 6.92 Å².